The highest BCUT2D eigenvalue weighted by Gasteiger charge is 2.37. The van der Waals surface area contributed by atoms with Crippen molar-refractivity contribution in [3.05, 3.63) is 72.7 Å². The van der Waals surface area contributed by atoms with Gasteiger partial charge in [0.05, 0.1) is 36.1 Å². The summed E-state index contributed by atoms with van der Waals surface area (Å²) in [6, 6.07) is 4.00. The molecule has 5 heterocycles. The predicted octanol–water partition coefficient (Wildman–Crippen LogP) is 5.44. The highest BCUT2D eigenvalue weighted by molar-refractivity contribution is 6.13. The lowest BCUT2D eigenvalue weighted by Crippen LogP contribution is -2.13. The summed E-state index contributed by atoms with van der Waals surface area (Å²) < 4.78 is 4.91. The number of ether oxygens (including phenoxy) is 1. The van der Waals surface area contributed by atoms with Gasteiger partial charge in [0.15, 0.2) is 5.78 Å². The second kappa shape index (κ2) is 10.2. The van der Waals surface area contributed by atoms with Gasteiger partial charge in [-0.25, -0.2) is 0 Å². The van der Waals surface area contributed by atoms with E-state index in [-0.39, 0.29) is 48.5 Å². The number of hydrogen-bond donors (Lipinski definition) is 4. The van der Waals surface area contributed by atoms with Crippen LogP contribution in [0.4, 0.5) is 0 Å². The maximum absolute atomic E-state index is 14.1. The Bertz CT molecular complexity index is 1990. The van der Waals surface area contributed by atoms with Gasteiger partial charge in [0, 0.05) is 63.4 Å². The van der Waals surface area contributed by atoms with Crippen LogP contribution in [-0.2, 0) is 29.0 Å². The molecule has 0 unspecified atom stereocenters. The van der Waals surface area contributed by atoms with Gasteiger partial charge in [-0.3, -0.25) is 19.4 Å². The number of aryl methyl sites for hydroxylation is 4. The average Bonchev–Trinajstić information content (AvgIpc) is 3.72. The van der Waals surface area contributed by atoms with Gasteiger partial charge in [-0.1, -0.05) is 13.8 Å². The van der Waals surface area contributed by atoms with Gasteiger partial charge in [-0.2, -0.15) is 0 Å². The van der Waals surface area contributed by atoms with Crippen LogP contribution < -0.4 is 5.43 Å². The second-order valence-electron chi connectivity index (χ2n) is 11.6. The molecule has 9 nitrogen and oxygen atoms in total. The van der Waals surface area contributed by atoms with Crippen molar-refractivity contribution in [1.82, 2.24) is 19.9 Å². The molecule has 1 aliphatic heterocycles. The van der Waals surface area contributed by atoms with Crippen LogP contribution in [0.5, 0.6) is 0 Å². The summed E-state index contributed by atoms with van der Waals surface area (Å²) in [5.74, 6) is -0.863. The number of H-pyrrole nitrogens is 3. The van der Waals surface area contributed by atoms with Gasteiger partial charge in [0.25, 0.3) is 0 Å². The van der Waals surface area contributed by atoms with E-state index in [4.69, 9.17) is 9.72 Å². The van der Waals surface area contributed by atoms with Crippen molar-refractivity contribution < 1.29 is 19.4 Å². The Labute approximate surface area is 242 Å². The number of hydrogen-bond acceptors (Lipinski definition) is 6. The van der Waals surface area contributed by atoms with Gasteiger partial charge >= 0.3 is 5.97 Å². The van der Waals surface area contributed by atoms with Crippen LogP contribution in [0.15, 0.2) is 16.9 Å². The smallest absolute Gasteiger partial charge is 0.305 e. The Morgan fingerprint density at radius 1 is 0.952 bits per heavy atom. The van der Waals surface area contributed by atoms with Gasteiger partial charge < -0.3 is 24.8 Å². The number of carbonyl (C=O) groups is 2. The van der Waals surface area contributed by atoms with Crippen LogP contribution in [0.1, 0.15) is 93.7 Å². The first-order valence-corrected chi connectivity index (χ1v) is 14.5. The Morgan fingerprint density at radius 2 is 1.62 bits per heavy atom. The number of esters is 1. The quantitative estimate of drug-likeness (QED) is 0.236. The number of nitrogens with one attached hydrogen (secondary N) is 3. The molecule has 2 atom stereocenters. The number of fused-ring (bicyclic) bond motifs is 8. The number of Topliss-reactive ketones (excluding diaryl/α,β-unsaturated/α-hetero) is 1. The lowest BCUT2D eigenvalue weighted by Gasteiger charge is -2.16. The van der Waals surface area contributed by atoms with Gasteiger partial charge in [0.1, 0.15) is 0 Å². The van der Waals surface area contributed by atoms with Crippen molar-refractivity contribution >= 4 is 44.9 Å². The molecule has 0 radical (unpaired) electrons. The van der Waals surface area contributed by atoms with E-state index in [2.05, 4.69) is 34.9 Å². The minimum Gasteiger partial charge on any atom is -0.469 e. The topological polar surface area (TPSA) is 141 Å². The third kappa shape index (κ3) is 4.09. The van der Waals surface area contributed by atoms with E-state index in [0.717, 1.165) is 50.7 Å². The van der Waals surface area contributed by atoms with Crippen LogP contribution in [0.2, 0.25) is 0 Å². The standard InChI is InChI=1S/C33H36N4O5/c1-7-18-14(2)22-11-25-21(13-38)16(4)29(36-25)33(41)30-15(3)19(8-9-27(40)42-6)31(37-30)20-10-26(39)28-17(5)23(35-32(20)28)12-24(18)34-22/h11-12,15,19,34-36,38H,7-10,13H2,1-6H3/t15-,19-/m0/s1. The van der Waals surface area contributed by atoms with Crippen molar-refractivity contribution in [3.8, 4) is 0 Å². The molecular formula is C33H36N4O5. The SMILES string of the molecule is CCc1c(C)c2cc3[nH]c(c(C)c3CO)c(=O)c3nc(c4c5[nH]c(cc1[nH]2)c(C)c5C(=O)C4)[C@@H](CCC(=O)OC)[C@@H]3C. The summed E-state index contributed by atoms with van der Waals surface area (Å²) in [7, 11) is 1.36. The first-order valence-electron chi connectivity index (χ1n) is 14.5. The molecule has 0 spiro atoms. The summed E-state index contributed by atoms with van der Waals surface area (Å²) in [5.41, 5.74) is 11.1. The molecule has 2 aliphatic rings. The van der Waals surface area contributed by atoms with Gasteiger partial charge in [0.2, 0.25) is 5.43 Å². The van der Waals surface area contributed by atoms with E-state index < -0.39 is 0 Å². The van der Waals surface area contributed by atoms with Crippen molar-refractivity contribution in [2.45, 2.75) is 78.7 Å². The maximum atomic E-state index is 14.1. The zero-order valence-corrected chi connectivity index (χ0v) is 24.9. The number of aliphatic hydroxyl groups excluding tert-OH is 1. The number of ketones is 1. The maximum Gasteiger partial charge on any atom is 0.305 e. The molecular weight excluding hydrogens is 532 g/mol. The first kappa shape index (κ1) is 27.9. The minimum absolute atomic E-state index is 0.0150. The van der Waals surface area contributed by atoms with Crippen LogP contribution in [0.25, 0.3) is 33.1 Å². The lowest BCUT2D eigenvalue weighted by molar-refractivity contribution is -0.140. The molecule has 4 N–H and O–H groups in total. The van der Waals surface area contributed by atoms with Crippen LogP contribution >= 0.6 is 0 Å². The monoisotopic (exact) mass is 568 g/mol. The predicted molar refractivity (Wildman–Crippen MR) is 162 cm³/mol. The molecule has 1 aliphatic carbocycles. The highest BCUT2D eigenvalue weighted by atomic mass is 16.5. The number of methoxy groups -OCH3 is 1. The zero-order valence-electron chi connectivity index (χ0n) is 24.9. The average molecular weight is 569 g/mol. The number of aromatic nitrogens is 4. The van der Waals surface area contributed by atoms with Crippen molar-refractivity contribution in [1.29, 1.82) is 0 Å². The summed E-state index contributed by atoms with van der Waals surface area (Å²) in [6.45, 7) is 9.67. The second-order valence-corrected chi connectivity index (χ2v) is 11.6. The third-order valence-electron chi connectivity index (χ3n) is 9.44. The molecule has 8 bridgehead atoms. The van der Waals surface area contributed by atoms with E-state index in [1.807, 2.05) is 26.8 Å². The summed E-state index contributed by atoms with van der Waals surface area (Å²) >= 11 is 0. The van der Waals surface area contributed by atoms with Gasteiger partial charge in [-0.05, 0) is 68.0 Å². The lowest BCUT2D eigenvalue weighted by atomic mass is 9.85. The largest absolute Gasteiger partial charge is 0.469 e. The molecule has 0 fully saturated rings. The molecule has 0 aromatic carbocycles. The molecule has 0 saturated heterocycles. The molecule has 218 valence electrons. The fourth-order valence-electron chi connectivity index (χ4n) is 6.97. The van der Waals surface area contributed by atoms with Crippen LogP contribution in [0, 0.1) is 20.8 Å². The molecule has 42 heavy (non-hydrogen) atoms. The van der Waals surface area contributed by atoms with E-state index >= 15 is 0 Å². The van der Waals surface area contributed by atoms with E-state index in [0.29, 0.717) is 45.5 Å². The number of aliphatic hydroxyl groups is 1. The molecule has 6 rings (SSSR count). The Morgan fingerprint density at radius 3 is 2.29 bits per heavy atom. The summed E-state index contributed by atoms with van der Waals surface area (Å²) in [4.78, 5) is 55.0. The van der Waals surface area contributed by atoms with Crippen molar-refractivity contribution in [3.63, 3.8) is 0 Å². The highest BCUT2D eigenvalue weighted by Crippen LogP contribution is 2.43. The van der Waals surface area contributed by atoms with Crippen molar-refractivity contribution in [2.75, 3.05) is 7.11 Å². The molecule has 0 saturated carbocycles. The fraction of sp³-hybridized carbons (Fsp3) is 0.394. The van der Waals surface area contributed by atoms with E-state index in [9.17, 15) is 19.5 Å². The van der Waals surface area contributed by atoms with Gasteiger partial charge in [-0.15, -0.1) is 0 Å². The molecule has 4 aromatic rings. The fourth-order valence-corrected chi connectivity index (χ4v) is 6.97. The molecule has 9 heteroatoms. The first-order chi connectivity index (χ1) is 20.1. The number of aromatic amines is 3. The van der Waals surface area contributed by atoms with E-state index in [1.165, 1.54) is 7.11 Å². The Hall–Kier alpha value is -4.24. The number of rotatable bonds is 5. The third-order valence-corrected chi connectivity index (χ3v) is 9.44. The number of carbonyl (C=O) groups excluding carboxylic acids is 2. The molecule has 0 amide bonds. The summed E-state index contributed by atoms with van der Waals surface area (Å²) in [6.07, 6.45) is 1.59. The van der Waals surface area contributed by atoms with Crippen LogP contribution in [0.3, 0.4) is 0 Å². The Kier molecular flexibility index (Phi) is 6.80. The minimum atomic E-state index is -0.333. The zero-order chi connectivity index (χ0) is 30.0. The number of nitrogens with zero attached hydrogens (tertiary/aromatic N) is 1. The normalized spacial score (nSPS) is 17.0. The summed E-state index contributed by atoms with van der Waals surface area (Å²) in [5, 5.41) is 10.3. The van der Waals surface area contributed by atoms with Crippen LogP contribution in [-0.4, -0.2) is 43.9 Å². The van der Waals surface area contributed by atoms with Crippen molar-refractivity contribution in [2.24, 2.45) is 0 Å². The molecule has 4 aromatic heterocycles. The Balaban J connectivity index is 1.80. The van der Waals surface area contributed by atoms with E-state index in [1.54, 1.807) is 0 Å².